The molecule has 4 heteroatoms. The van der Waals surface area contributed by atoms with Crippen LogP contribution < -0.4 is 15.9 Å². The lowest BCUT2D eigenvalue weighted by molar-refractivity contribution is 0.467. The standard InChI is InChI=1S/C12H13BN2O/c1-13-11-3-2-8-15-12(11)16-10-6-4-9(14)5-7-10/h2-8,13H,14H2,1H3. The van der Waals surface area contributed by atoms with E-state index in [4.69, 9.17) is 10.5 Å². The summed E-state index contributed by atoms with van der Waals surface area (Å²) in [4.78, 5) is 4.21. The molecule has 2 N–H and O–H groups in total. The lowest BCUT2D eigenvalue weighted by atomic mass is 9.74. The second-order valence-electron chi connectivity index (χ2n) is 3.49. The van der Waals surface area contributed by atoms with Gasteiger partial charge in [0.25, 0.3) is 0 Å². The van der Waals surface area contributed by atoms with E-state index < -0.39 is 0 Å². The molecule has 0 spiro atoms. The maximum absolute atomic E-state index is 5.69. The van der Waals surface area contributed by atoms with E-state index in [-0.39, 0.29) is 0 Å². The Hall–Kier alpha value is -1.97. The number of pyridine rings is 1. The monoisotopic (exact) mass is 212 g/mol. The van der Waals surface area contributed by atoms with Crippen LogP contribution in [0.2, 0.25) is 6.82 Å². The van der Waals surface area contributed by atoms with Crippen LogP contribution in [0.1, 0.15) is 0 Å². The molecule has 0 aliphatic heterocycles. The molecule has 2 aromatic rings. The topological polar surface area (TPSA) is 48.1 Å². The Morgan fingerprint density at radius 3 is 2.62 bits per heavy atom. The summed E-state index contributed by atoms with van der Waals surface area (Å²) in [5.41, 5.74) is 7.43. The Balaban J connectivity index is 2.23. The Kier molecular flexibility index (Phi) is 3.10. The van der Waals surface area contributed by atoms with Gasteiger partial charge in [-0.05, 0) is 35.8 Å². The molecule has 3 nitrogen and oxygen atoms in total. The molecule has 80 valence electrons. The van der Waals surface area contributed by atoms with E-state index in [0.717, 1.165) is 24.2 Å². The number of benzene rings is 1. The predicted octanol–water partition coefficient (Wildman–Crippen LogP) is 1.57. The van der Waals surface area contributed by atoms with Crippen molar-refractivity contribution in [1.82, 2.24) is 4.98 Å². The third-order valence-corrected chi connectivity index (χ3v) is 2.33. The van der Waals surface area contributed by atoms with Gasteiger partial charge in [-0.3, -0.25) is 0 Å². The molecule has 2 rings (SSSR count). The molecular formula is C12H13BN2O. The normalized spacial score (nSPS) is 9.81. The van der Waals surface area contributed by atoms with Gasteiger partial charge in [0.15, 0.2) is 7.28 Å². The zero-order chi connectivity index (χ0) is 11.4. The Morgan fingerprint density at radius 2 is 1.94 bits per heavy atom. The third-order valence-electron chi connectivity index (χ3n) is 2.33. The highest BCUT2D eigenvalue weighted by atomic mass is 16.5. The molecule has 0 amide bonds. The summed E-state index contributed by atoms with van der Waals surface area (Å²) in [7, 11) is 0.901. The van der Waals surface area contributed by atoms with Crippen LogP contribution in [0.3, 0.4) is 0 Å². The van der Waals surface area contributed by atoms with Crippen LogP contribution in [0.5, 0.6) is 11.6 Å². The number of hydrogen-bond donors (Lipinski definition) is 1. The van der Waals surface area contributed by atoms with Gasteiger partial charge in [-0.15, -0.1) is 0 Å². The van der Waals surface area contributed by atoms with Crippen molar-refractivity contribution < 1.29 is 4.74 Å². The van der Waals surface area contributed by atoms with E-state index >= 15 is 0 Å². The van der Waals surface area contributed by atoms with E-state index in [9.17, 15) is 0 Å². The van der Waals surface area contributed by atoms with Gasteiger partial charge in [0.05, 0.1) is 0 Å². The molecule has 0 bridgehead atoms. The Morgan fingerprint density at radius 1 is 1.19 bits per heavy atom. The van der Waals surface area contributed by atoms with Gasteiger partial charge < -0.3 is 10.5 Å². The number of anilines is 1. The highest BCUT2D eigenvalue weighted by Gasteiger charge is 2.04. The molecule has 0 aliphatic carbocycles. The van der Waals surface area contributed by atoms with Gasteiger partial charge in [-0.2, -0.15) is 0 Å². The van der Waals surface area contributed by atoms with Crippen molar-refractivity contribution in [2.45, 2.75) is 6.82 Å². The summed E-state index contributed by atoms with van der Waals surface area (Å²) in [6.45, 7) is 2.08. The maximum Gasteiger partial charge on any atom is 0.213 e. The Bertz CT molecular complexity index is 471. The highest BCUT2D eigenvalue weighted by molar-refractivity contribution is 6.53. The lowest BCUT2D eigenvalue weighted by Gasteiger charge is -2.08. The summed E-state index contributed by atoms with van der Waals surface area (Å²) in [5.74, 6) is 1.41. The first-order chi connectivity index (χ1) is 7.79. The van der Waals surface area contributed by atoms with Crippen LogP contribution in [0.25, 0.3) is 0 Å². The minimum absolute atomic E-state index is 0.662. The van der Waals surface area contributed by atoms with Crippen molar-refractivity contribution in [3.63, 3.8) is 0 Å². The molecule has 0 fully saturated rings. The van der Waals surface area contributed by atoms with E-state index in [1.165, 1.54) is 0 Å². The molecule has 1 aromatic carbocycles. The SMILES string of the molecule is CBc1cccnc1Oc1ccc(N)cc1. The summed E-state index contributed by atoms with van der Waals surface area (Å²) in [6, 6.07) is 11.2. The molecule has 0 saturated carbocycles. The van der Waals surface area contributed by atoms with Crippen LogP contribution in [0.15, 0.2) is 42.6 Å². The van der Waals surface area contributed by atoms with Gasteiger partial charge in [0.1, 0.15) is 5.75 Å². The van der Waals surface area contributed by atoms with Crippen molar-refractivity contribution in [1.29, 1.82) is 0 Å². The van der Waals surface area contributed by atoms with Gasteiger partial charge >= 0.3 is 0 Å². The second-order valence-corrected chi connectivity index (χ2v) is 3.49. The molecule has 1 heterocycles. The van der Waals surface area contributed by atoms with E-state index in [1.54, 1.807) is 6.20 Å². The van der Waals surface area contributed by atoms with Gasteiger partial charge in [-0.25, -0.2) is 4.98 Å². The zero-order valence-electron chi connectivity index (χ0n) is 9.18. The molecule has 0 aliphatic rings. The number of rotatable bonds is 3. The largest absolute Gasteiger partial charge is 0.440 e. The van der Waals surface area contributed by atoms with Gasteiger partial charge in [0, 0.05) is 11.9 Å². The molecule has 0 radical (unpaired) electrons. The van der Waals surface area contributed by atoms with Crippen molar-refractivity contribution >= 4 is 18.4 Å². The summed E-state index contributed by atoms with van der Waals surface area (Å²) < 4.78 is 5.69. The fourth-order valence-corrected chi connectivity index (χ4v) is 1.43. The number of nitrogens with two attached hydrogens (primary N) is 1. The lowest BCUT2D eigenvalue weighted by Crippen LogP contribution is -2.14. The second kappa shape index (κ2) is 4.70. The summed E-state index contributed by atoms with van der Waals surface area (Å²) in [5, 5.41) is 0. The van der Waals surface area contributed by atoms with Gasteiger partial charge in [-0.1, -0.05) is 12.9 Å². The van der Waals surface area contributed by atoms with Crippen LogP contribution in [0, 0.1) is 0 Å². The van der Waals surface area contributed by atoms with Crippen molar-refractivity contribution in [2.75, 3.05) is 5.73 Å². The van der Waals surface area contributed by atoms with E-state index in [1.807, 2.05) is 36.4 Å². The third kappa shape index (κ3) is 2.34. The molecule has 1 aromatic heterocycles. The molecule has 0 saturated heterocycles. The number of nitrogens with zero attached hydrogens (tertiary/aromatic N) is 1. The number of hydrogen-bond acceptors (Lipinski definition) is 3. The molecule has 0 unspecified atom stereocenters. The van der Waals surface area contributed by atoms with Gasteiger partial charge in [0.2, 0.25) is 5.88 Å². The fraction of sp³-hybridized carbons (Fsp3) is 0.0833. The van der Waals surface area contributed by atoms with Crippen LogP contribution in [-0.2, 0) is 0 Å². The van der Waals surface area contributed by atoms with Crippen LogP contribution >= 0.6 is 0 Å². The van der Waals surface area contributed by atoms with Crippen LogP contribution in [0.4, 0.5) is 5.69 Å². The van der Waals surface area contributed by atoms with Crippen LogP contribution in [-0.4, -0.2) is 12.3 Å². The zero-order valence-corrected chi connectivity index (χ0v) is 9.18. The maximum atomic E-state index is 5.69. The quantitative estimate of drug-likeness (QED) is 0.620. The number of aromatic nitrogens is 1. The first kappa shape index (κ1) is 10.5. The summed E-state index contributed by atoms with van der Waals surface area (Å²) >= 11 is 0. The highest BCUT2D eigenvalue weighted by Crippen LogP contribution is 2.18. The molecule has 16 heavy (non-hydrogen) atoms. The molecule has 0 atom stereocenters. The molecular weight excluding hydrogens is 199 g/mol. The smallest absolute Gasteiger partial charge is 0.213 e. The fourth-order valence-electron chi connectivity index (χ4n) is 1.43. The first-order valence-corrected chi connectivity index (χ1v) is 5.27. The minimum atomic E-state index is 0.662. The first-order valence-electron chi connectivity index (χ1n) is 5.27. The Labute approximate surface area is 95.5 Å². The van der Waals surface area contributed by atoms with Crippen molar-refractivity contribution in [2.24, 2.45) is 0 Å². The predicted molar refractivity (Wildman–Crippen MR) is 67.8 cm³/mol. The average Bonchev–Trinajstić information content (AvgIpc) is 2.33. The van der Waals surface area contributed by atoms with E-state index in [2.05, 4.69) is 11.8 Å². The van der Waals surface area contributed by atoms with Crippen molar-refractivity contribution in [3.8, 4) is 11.6 Å². The van der Waals surface area contributed by atoms with Crippen molar-refractivity contribution in [3.05, 3.63) is 42.6 Å². The number of nitrogen functional groups attached to an aromatic ring is 1. The minimum Gasteiger partial charge on any atom is -0.440 e. The average molecular weight is 212 g/mol. The number of ether oxygens (including phenoxy) is 1. The van der Waals surface area contributed by atoms with E-state index in [0.29, 0.717) is 5.88 Å². The summed E-state index contributed by atoms with van der Waals surface area (Å²) in [6.07, 6.45) is 1.73.